The van der Waals surface area contributed by atoms with E-state index in [0.717, 1.165) is 33.1 Å². The van der Waals surface area contributed by atoms with Crippen molar-refractivity contribution in [2.75, 3.05) is 11.1 Å². The van der Waals surface area contributed by atoms with Crippen LogP contribution < -0.4 is 5.32 Å². The highest BCUT2D eigenvalue weighted by atomic mass is 32.2. The topological polar surface area (TPSA) is 59.3 Å². The third-order valence-electron chi connectivity index (χ3n) is 4.25. The van der Waals surface area contributed by atoms with E-state index in [1.807, 2.05) is 32.9 Å². The fourth-order valence-corrected chi connectivity index (χ4v) is 4.56. The molecule has 0 aliphatic rings. The standard InChI is InChI=1S/C19H18N4OS2/c1-11-4-5-14(12(2)8-11)20-18(24)10-26-19-16-9-17-15(6-7-25-17)23(16)13(3)21-22-19/h4-9H,10H2,1-3H3,(H,20,24). The summed E-state index contributed by atoms with van der Waals surface area (Å²) >= 11 is 3.11. The average Bonchev–Trinajstić information content (AvgIpc) is 3.18. The normalized spacial score (nSPS) is 11.3. The summed E-state index contributed by atoms with van der Waals surface area (Å²) in [5.41, 5.74) is 5.24. The highest BCUT2D eigenvalue weighted by Crippen LogP contribution is 2.30. The van der Waals surface area contributed by atoms with Crippen LogP contribution in [0.2, 0.25) is 0 Å². The Labute approximate surface area is 159 Å². The van der Waals surface area contributed by atoms with Gasteiger partial charge < -0.3 is 5.32 Å². The molecule has 4 rings (SSSR count). The van der Waals surface area contributed by atoms with Crippen molar-refractivity contribution in [3.8, 4) is 0 Å². The number of aryl methyl sites for hydroxylation is 3. The van der Waals surface area contributed by atoms with E-state index in [9.17, 15) is 4.79 Å². The molecule has 0 bridgehead atoms. The second-order valence-electron chi connectivity index (χ2n) is 6.24. The summed E-state index contributed by atoms with van der Waals surface area (Å²) < 4.78 is 3.30. The number of hydrogen-bond donors (Lipinski definition) is 1. The number of hydrogen-bond acceptors (Lipinski definition) is 5. The van der Waals surface area contributed by atoms with E-state index < -0.39 is 0 Å². The van der Waals surface area contributed by atoms with Crippen LogP contribution in [0, 0.1) is 20.8 Å². The second kappa shape index (κ2) is 6.74. The maximum Gasteiger partial charge on any atom is 0.234 e. The number of fused-ring (bicyclic) bond motifs is 3. The third-order valence-corrected chi connectivity index (χ3v) is 6.07. The van der Waals surface area contributed by atoms with Gasteiger partial charge in [-0.15, -0.1) is 21.5 Å². The van der Waals surface area contributed by atoms with Crippen LogP contribution >= 0.6 is 23.1 Å². The number of thiophene rings is 1. The van der Waals surface area contributed by atoms with Crippen molar-refractivity contribution in [1.29, 1.82) is 0 Å². The number of rotatable bonds is 4. The Morgan fingerprint density at radius 1 is 1.15 bits per heavy atom. The van der Waals surface area contributed by atoms with Gasteiger partial charge in [-0.2, -0.15) is 0 Å². The van der Waals surface area contributed by atoms with Crippen LogP contribution in [-0.4, -0.2) is 26.3 Å². The molecule has 7 heteroatoms. The summed E-state index contributed by atoms with van der Waals surface area (Å²) in [5.74, 6) is 1.09. The monoisotopic (exact) mass is 382 g/mol. The smallest absolute Gasteiger partial charge is 0.234 e. The van der Waals surface area contributed by atoms with Crippen LogP contribution in [0.3, 0.4) is 0 Å². The van der Waals surface area contributed by atoms with Crippen LogP contribution in [0.1, 0.15) is 17.0 Å². The molecular weight excluding hydrogens is 364 g/mol. The lowest BCUT2D eigenvalue weighted by atomic mass is 10.1. The summed E-state index contributed by atoms with van der Waals surface area (Å²) in [4.78, 5) is 12.4. The molecule has 3 aromatic heterocycles. The van der Waals surface area contributed by atoms with Gasteiger partial charge in [-0.05, 0) is 49.9 Å². The minimum absolute atomic E-state index is 0.0455. The first-order valence-corrected chi connectivity index (χ1v) is 10.1. The first-order chi connectivity index (χ1) is 12.5. The van der Waals surface area contributed by atoms with Gasteiger partial charge in [0.25, 0.3) is 0 Å². The molecule has 0 aliphatic carbocycles. The fraction of sp³-hybridized carbons (Fsp3) is 0.211. The zero-order valence-electron chi connectivity index (χ0n) is 14.7. The molecule has 1 N–H and O–H groups in total. The Morgan fingerprint density at radius 2 is 2.00 bits per heavy atom. The number of benzene rings is 1. The molecule has 132 valence electrons. The van der Waals surface area contributed by atoms with Gasteiger partial charge >= 0.3 is 0 Å². The second-order valence-corrected chi connectivity index (χ2v) is 8.15. The molecule has 0 saturated heterocycles. The minimum atomic E-state index is -0.0455. The van der Waals surface area contributed by atoms with E-state index >= 15 is 0 Å². The van der Waals surface area contributed by atoms with Crippen LogP contribution in [0.5, 0.6) is 0 Å². The number of carbonyl (C=O) groups is 1. The van der Waals surface area contributed by atoms with Crippen LogP contribution in [-0.2, 0) is 4.79 Å². The quantitative estimate of drug-likeness (QED) is 0.524. The lowest BCUT2D eigenvalue weighted by Crippen LogP contribution is -2.15. The Kier molecular flexibility index (Phi) is 4.42. The SMILES string of the molecule is Cc1ccc(NC(=O)CSc2nnc(C)n3c2cc2sccc23)c(C)c1. The molecule has 0 fully saturated rings. The number of thioether (sulfide) groups is 1. The van der Waals surface area contributed by atoms with Crippen molar-refractivity contribution >= 4 is 50.4 Å². The van der Waals surface area contributed by atoms with E-state index in [-0.39, 0.29) is 5.91 Å². The zero-order chi connectivity index (χ0) is 18.3. The molecule has 0 radical (unpaired) electrons. The maximum atomic E-state index is 12.4. The van der Waals surface area contributed by atoms with Gasteiger partial charge in [-0.25, -0.2) is 0 Å². The molecule has 4 aromatic rings. The number of aromatic nitrogens is 3. The Hall–Kier alpha value is -2.38. The molecule has 1 amide bonds. The molecule has 0 saturated carbocycles. The van der Waals surface area contributed by atoms with Crippen LogP contribution in [0.15, 0.2) is 40.7 Å². The largest absolute Gasteiger partial charge is 0.325 e. The van der Waals surface area contributed by atoms with Crippen molar-refractivity contribution in [3.63, 3.8) is 0 Å². The van der Waals surface area contributed by atoms with Crippen molar-refractivity contribution < 1.29 is 4.79 Å². The Balaban J connectivity index is 1.54. The van der Waals surface area contributed by atoms with Crippen molar-refractivity contribution in [2.24, 2.45) is 0 Å². The molecule has 0 spiro atoms. The Morgan fingerprint density at radius 3 is 2.81 bits per heavy atom. The van der Waals surface area contributed by atoms with Gasteiger partial charge in [-0.1, -0.05) is 29.5 Å². The highest BCUT2D eigenvalue weighted by molar-refractivity contribution is 8.00. The summed E-state index contributed by atoms with van der Waals surface area (Å²) in [6.45, 7) is 5.98. The number of carbonyl (C=O) groups excluding carboxylic acids is 1. The molecule has 1 aromatic carbocycles. The summed E-state index contributed by atoms with van der Waals surface area (Å²) in [6.07, 6.45) is 0. The lowest BCUT2D eigenvalue weighted by molar-refractivity contribution is -0.113. The van der Waals surface area contributed by atoms with Gasteiger partial charge in [-0.3, -0.25) is 9.20 Å². The number of amides is 1. The highest BCUT2D eigenvalue weighted by Gasteiger charge is 2.14. The van der Waals surface area contributed by atoms with E-state index in [4.69, 9.17) is 0 Å². The molecule has 0 atom stereocenters. The van der Waals surface area contributed by atoms with Crippen LogP contribution in [0.4, 0.5) is 5.69 Å². The van der Waals surface area contributed by atoms with Gasteiger partial charge in [0.05, 0.1) is 21.5 Å². The van der Waals surface area contributed by atoms with Crippen LogP contribution in [0.25, 0.3) is 15.7 Å². The molecule has 0 unspecified atom stereocenters. The summed E-state index contributed by atoms with van der Waals surface area (Å²) in [5, 5.41) is 14.4. The van der Waals surface area contributed by atoms with E-state index in [0.29, 0.717) is 5.75 Å². The van der Waals surface area contributed by atoms with Crippen molar-refractivity contribution in [2.45, 2.75) is 25.8 Å². The average molecular weight is 383 g/mol. The van der Waals surface area contributed by atoms with E-state index in [2.05, 4.69) is 43.5 Å². The predicted molar refractivity (Wildman–Crippen MR) is 108 cm³/mol. The first kappa shape index (κ1) is 17.1. The van der Waals surface area contributed by atoms with Gasteiger partial charge in [0.2, 0.25) is 5.91 Å². The van der Waals surface area contributed by atoms with E-state index in [1.54, 1.807) is 11.3 Å². The molecule has 5 nitrogen and oxygen atoms in total. The number of anilines is 1. The third kappa shape index (κ3) is 3.08. The zero-order valence-corrected chi connectivity index (χ0v) is 16.4. The minimum Gasteiger partial charge on any atom is -0.325 e. The summed E-state index contributed by atoms with van der Waals surface area (Å²) in [7, 11) is 0. The van der Waals surface area contributed by atoms with Crippen molar-refractivity contribution in [1.82, 2.24) is 14.6 Å². The first-order valence-electron chi connectivity index (χ1n) is 8.25. The summed E-state index contributed by atoms with van der Waals surface area (Å²) in [6, 6.07) is 10.2. The van der Waals surface area contributed by atoms with Gasteiger partial charge in [0, 0.05) is 5.69 Å². The molecule has 26 heavy (non-hydrogen) atoms. The molecular formula is C19H18N4OS2. The number of nitrogens with zero attached hydrogens (tertiary/aromatic N) is 3. The van der Waals surface area contributed by atoms with Gasteiger partial charge in [0.1, 0.15) is 10.9 Å². The lowest BCUT2D eigenvalue weighted by Gasteiger charge is -2.09. The Bertz CT molecular complexity index is 1130. The van der Waals surface area contributed by atoms with Crippen molar-refractivity contribution in [3.05, 3.63) is 52.7 Å². The predicted octanol–water partition coefficient (Wildman–Crippen LogP) is 4.60. The molecule has 3 heterocycles. The van der Waals surface area contributed by atoms with Gasteiger partial charge in [0.15, 0.2) is 0 Å². The van der Waals surface area contributed by atoms with E-state index in [1.165, 1.54) is 22.0 Å². The number of nitrogens with one attached hydrogen (secondary N) is 1. The molecule has 0 aliphatic heterocycles. The fourth-order valence-electron chi connectivity index (χ4n) is 3.02. The maximum absolute atomic E-state index is 12.4.